The van der Waals surface area contributed by atoms with Crippen molar-refractivity contribution in [3.8, 4) is 0 Å². The summed E-state index contributed by atoms with van der Waals surface area (Å²) in [7, 11) is 1.54. The molecule has 2 aromatic carbocycles. The molecule has 27 heavy (non-hydrogen) atoms. The third kappa shape index (κ3) is 4.01. The molecule has 0 N–H and O–H groups in total. The molecular formula is C21H21NO5. The van der Waals surface area contributed by atoms with E-state index in [0.717, 1.165) is 11.1 Å². The largest absolute Gasteiger partial charge is 0.450 e. The Morgan fingerprint density at radius 2 is 1.74 bits per heavy atom. The Morgan fingerprint density at radius 1 is 1.04 bits per heavy atom. The van der Waals surface area contributed by atoms with Gasteiger partial charge in [-0.05, 0) is 25.1 Å². The average Bonchev–Trinajstić information content (AvgIpc) is 3.07. The van der Waals surface area contributed by atoms with Gasteiger partial charge in [0.2, 0.25) is 5.76 Å². The minimum atomic E-state index is -0.685. The summed E-state index contributed by atoms with van der Waals surface area (Å²) >= 11 is 0. The van der Waals surface area contributed by atoms with Gasteiger partial charge in [-0.1, -0.05) is 36.4 Å². The van der Waals surface area contributed by atoms with E-state index in [9.17, 15) is 9.59 Å². The number of amides is 1. The van der Waals surface area contributed by atoms with E-state index in [-0.39, 0.29) is 24.9 Å². The number of fused-ring (bicyclic) bond motifs is 1. The van der Waals surface area contributed by atoms with Gasteiger partial charge in [-0.25, -0.2) is 4.79 Å². The predicted octanol–water partition coefficient (Wildman–Crippen LogP) is 3.79. The summed E-state index contributed by atoms with van der Waals surface area (Å²) < 4.78 is 16.1. The number of benzene rings is 2. The molecule has 0 aliphatic heterocycles. The summed E-state index contributed by atoms with van der Waals surface area (Å²) in [6.07, 6.45) is 0. The molecule has 0 saturated heterocycles. The smallest absolute Gasteiger partial charge is 0.375 e. The van der Waals surface area contributed by atoms with E-state index >= 15 is 0 Å². The number of ether oxygens (including phenoxy) is 2. The van der Waals surface area contributed by atoms with Crippen LogP contribution in [0.2, 0.25) is 0 Å². The van der Waals surface area contributed by atoms with Crippen molar-refractivity contribution < 1.29 is 23.5 Å². The van der Waals surface area contributed by atoms with E-state index in [2.05, 4.69) is 0 Å². The number of para-hydroxylation sites is 2. The Bertz CT molecular complexity index is 932. The molecule has 0 atom stereocenters. The molecule has 0 unspecified atom stereocenters. The molecule has 1 amide bonds. The van der Waals surface area contributed by atoms with E-state index < -0.39 is 5.97 Å². The maximum atomic E-state index is 12.5. The van der Waals surface area contributed by atoms with E-state index in [1.807, 2.05) is 55.5 Å². The van der Waals surface area contributed by atoms with Crippen LogP contribution in [0.1, 0.15) is 23.0 Å². The molecule has 0 spiro atoms. The Kier molecular flexibility index (Phi) is 5.88. The van der Waals surface area contributed by atoms with Gasteiger partial charge in [0, 0.05) is 30.3 Å². The first-order valence-electron chi connectivity index (χ1n) is 8.67. The second kappa shape index (κ2) is 8.51. The molecule has 0 radical (unpaired) electrons. The Hall–Kier alpha value is -3.12. The maximum Gasteiger partial charge on any atom is 0.375 e. The molecule has 6 heteroatoms. The lowest BCUT2D eigenvalue weighted by molar-refractivity contribution is -0.121. The van der Waals surface area contributed by atoms with Crippen LogP contribution in [0.5, 0.6) is 0 Å². The molecule has 0 aliphatic rings. The molecule has 3 aromatic rings. The number of likely N-dealkylation sites (N-methyl/N-ethyl adjacent to an activating group) is 1. The first-order valence-corrected chi connectivity index (χ1v) is 8.67. The van der Waals surface area contributed by atoms with Gasteiger partial charge >= 0.3 is 5.97 Å². The van der Waals surface area contributed by atoms with Gasteiger partial charge in [0.1, 0.15) is 5.58 Å². The number of nitrogens with zero attached hydrogens (tertiary/aromatic N) is 1. The summed E-state index contributed by atoms with van der Waals surface area (Å²) in [5.74, 6) is -0.925. The normalized spacial score (nSPS) is 10.7. The van der Waals surface area contributed by atoms with Gasteiger partial charge < -0.3 is 18.8 Å². The van der Waals surface area contributed by atoms with E-state index in [1.165, 1.54) is 0 Å². The fourth-order valence-corrected chi connectivity index (χ4v) is 2.93. The van der Waals surface area contributed by atoms with Crippen LogP contribution in [0.4, 0.5) is 5.69 Å². The van der Waals surface area contributed by atoms with Crippen LogP contribution in [-0.4, -0.2) is 32.1 Å². The number of hydrogen-bond donors (Lipinski definition) is 0. The number of hydrogen-bond acceptors (Lipinski definition) is 5. The fourth-order valence-electron chi connectivity index (χ4n) is 2.93. The summed E-state index contributed by atoms with van der Waals surface area (Å²) in [4.78, 5) is 26.6. The van der Waals surface area contributed by atoms with Crippen LogP contribution < -0.4 is 4.90 Å². The predicted molar refractivity (Wildman–Crippen MR) is 102 cm³/mol. The lowest BCUT2D eigenvalue weighted by Crippen LogP contribution is -2.34. The van der Waals surface area contributed by atoms with Crippen molar-refractivity contribution >= 4 is 28.5 Å². The number of rotatable bonds is 7. The highest BCUT2D eigenvalue weighted by molar-refractivity contribution is 5.99. The first kappa shape index (κ1) is 18.7. The molecule has 3 rings (SSSR count). The molecule has 0 fully saturated rings. The standard InChI is InChI=1S/C21H21NO5/c1-3-22(15-9-5-4-6-10-15)19(23)14-26-21(24)20-17(13-25-2)16-11-7-8-12-18(16)27-20/h4-12H,3,13-14H2,1-2H3. The molecule has 6 nitrogen and oxygen atoms in total. The Labute approximate surface area is 157 Å². The van der Waals surface area contributed by atoms with Crippen LogP contribution in [-0.2, 0) is 20.9 Å². The fraction of sp³-hybridized carbons (Fsp3) is 0.238. The van der Waals surface area contributed by atoms with Crippen molar-refractivity contribution in [1.82, 2.24) is 0 Å². The zero-order valence-corrected chi connectivity index (χ0v) is 15.3. The van der Waals surface area contributed by atoms with Crippen molar-refractivity contribution in [3.05, 3.63) is 65.9 Å². The second-order valence-corrected chi connectivity index (χ2v) is 5.89. The zero-order valence-electron chi connectivity index (χ0n) is 15.3. The van der Waals surface area contributed by atoms with Crippen molar-refractivity contribution in [2.24, 2.45) is 0 Å². The van der Waals surface area contributed by atoms with Gasteiger partial charge in [0.25, 0.3) is 5.91 Å². The number of anilines is 1. The third-order valence-electron chi connectivity index (χ3n) is 4.18. The molecule has 1 heterocycles. The number of esters is 1. The van der Waals surface area contributed by atoms with Crippen LogP contribution in [0, 0.1) is 0 Å². The average molecular weight is 367 g/mol. The van der Waals surface area contributed by atoms with E-state index in [0.29, 0.717) is 17.7 Å². The van der Waals surface area contributed by atoms with Crippen LogP contribution in [0.3, 0.4) is 0 Å². The van der Waals surface area contributed by atoms with Crippen molar-refractivity contribution in [2.45, 2.75) is 13.5 Å². The molecule has 1 aromatic heterocycles. The molecular weight excluding hydrogens is 346 g/mol. The lowest BCUT2D eigenvalue weighted by Gasteiger charge is -2.20. The van der Waals surface area contributed by atoms with Gasteiger partial charge in [0.05, 0.1) is 6.61 Å². The summed E-state index contributed by atoms with van der Waals surface area (Å²) in [5.41, 5.74) is 1.94. The lowest BCUT2D eigenvalue weighted by atomic mass is 10.1. The second-order valence-electron chi connectivity index (χ2n) is 5.89. The van der Waals surface area contributed by atoms with Gasteiger partial charge in [-0.15, -0.1) is 0 Å². The Morgan fingerprint density at radius 3 is 2.44 bits per heavy atom. The topological polar surface area (TPSA) is 69.0 Å². The van der Waals surface area contributed by atoms with Crippen molar-refractivity contribution in [2.75, 3.05) is 25.2 Å². The van der Waals surface area contributed by atoms with E-state index in [1.54, 1.807) is 18.1 Å². The molecule has 0 saturated carbocycles. The SMILES string of the molecule is CCN(C(=O)COC(=O)c1oc2ccccc2c1COC)c1ccccc1. The Balaban J connectivity index is 1.75. The highest BCUT2D eigenvalue weighted by Gasteiger charge is 2.23. The highest BCUT2D eigenvalue weighted by Crippen LogP contribution is 2.27. The van der Waals surface area contributed by atoms with E-state index in [4.69, 9.17) is 13.9 Å². The highest BCUT2D eigenvalue weighted by atomic mass is 16.5. The van der Waals surface area contributed by atoms with Gasteiger partial charge in [-0.3, -0.25) is 4.79 Å². The van der Waals surface area contributed by atoms with Crippen molar-refractivity contribution in [1.29, 1.82) is 0 Å². The van der Waals surface area contributed by atoms with Crippen LogP contribution in [0.15, 0.2) is 59.0 Å². The molecule has 0 aliphatic carbocycles. The number of furan rings is 1. The monoisotopic (exact) mass is 367 g/mol. The van der Waals surface area contributed by atoms with Gasteiger partial charge in [-0.2, -0.15) is 0 Å². The van der Waals surface area contributed by atoms with Crippen LogP contribution in [0.25, 0.3) is 11.0 Å². The zero-order chi connectivity index (χ0) is 19.2. The number of carbonyl (C=O) groups excluding carboxylic acids is 2. The number of methoxy groups -OCH3 is 1. The van der Waals surface area contributed by atoms with Gasteiger partial charge in [0.15, 0.2) is 6.61 Å². The van der Waals surface area contributed by atoms with Crippen molar-refractivity contribution in [3.63, 3.8) is 0 Å². The summed E-state index contributed by atoms with van der Waals surface area (Å²) in [5, 5.41) is 0.789. The summed E-state index contributed by atoms with van der Waals surface area (Å²) in [6.45, 7) is 2.17. The third-order valence-corrected chi connectivity index (χ3v) is 4.18. The van der Waals surface area contributed by atoms with Crippen LogP contribution >= 0.6 is 0 Å². The number of carbonyl (C=O) groups is 2. The molecule has 140 valence electrons. The minimum Gasteiger partial charge on any atom is -0.450 e. The molecule has 0 bridgehead atoms. The summed E-state index contributed by atoms with van der Waals surface area (Å²) in [6, 6.07) is 16.5. The minimum absolute atomic E-state index is 0.0635. The quantitative estimate of drug-likeness (QED) is 0.594. The maximum absolute atomic E-state index is 12.5. The first-order chi connectivity index (χ1) is 13.2.